The number of rotatable bonds is 8. The van der Waals surface area contributed by atoms with Gasteiger partial charge in [-0.05, 0) is 74.5 Å². The van der Waals surface area contributed by atoms with Crippen LogP contribution in [0.1, 0.15) is 42.9 Å². The molecule has 0 spiro atoms. The Balaban J connectivity index is 1.61. The molecule has 1 aliphatic rings. The molecule has 2 aromatic rings. The van der Waals surface area contributed by atoms with Crippen LogP contribution in [0.5, 0.6) is 5.75 Å². The Morgan fingerprint density at radius 1 is 1.20 bits per heavy atom. The van der Waals surface area contributed by atoms with Gasteiger partial charge in [-0.25, -0.2) is 0 Å². The predicted octanol–water partition coefficient (Wildman–Crippen LogP) is 3.57. The van der Waals surface area contributed by atoms with Gasteiger partial charge in [0.1, 0.15) is 5.75 Å². The molecule has 25 heavy (non-hydrogen) atoms. The third-order valence-corrected chi connectivity index (χ3v) is 5.00. The third-order valence-electron chi connectivity index (χ3n) is 5.00. The molecule has 4 nitrogen and oxygen atoms in total. The average molecular weight is 340 g/mol. The lowest BCUT2D eigenvalue weighted by molar-refractivity contribution is 0.233. The maximum Gasteiger partial charge on any atom is 0.124 e. The van der Waals surface area contributed by atoms with Crippen molar-refractivity contribution in [1.29, 1.82) is 0 Å². The van der Waals surface area contributed by atoms with Gasteiger partial charge in [0.05, 0.1) is 13.2 Å². The topological polar surface area (TPSA) is 45.6 Å². The molecule has 134 valence electrons. The highest BCUT2D eigenvalue weighted by Gasteiger charge is 2.24. The van der Waals surface area contributed by atoms with Crippen molar-refractivity contribution < 1.29 is 9.84 Å². The maximum atomic E-state index is 9.59. The number of hydrogen-bond acceptors (Lipinski definition) is 4. The Kier molecular flexibility index (Phi) is 6.42. The quantitative estimate of drug-likeness (QED) is 0.798. The largest absolute Gasteiger partial charge is 0.494 e. The second-order valence-corrected chi connectivity index (χ2v) is 6.69. The van der Waals surface area contributed by atoms with Gasteiger partial charge < -0.3 is 9.84 Å². The first-order valence-corrected chi connectivity index (χ1v) is 9.28. The molecule has 4 heteroatoms. The first kappa shape index (κ1) is 17.9. The molecular weight excluding hydrogens is 312 g/mol. The lowest BCUT2D eigenvalue weighted by atomic mass is 10.0. The van der Waals surface area contributed by atoms with Crippen LogP contribution in [0.4, 0.5) is 0 Å². The Morgan fingerprint density at radius 3 is 2.80 bits per heavy atom. The van der Waals surface area contributed by atoms with E-state index in [9.17, 15) is 5.11 Å². The first-order chi connectivity index (χ1) is 12.3. The van der Waals surface area contributed by atoms with E-state index in [-0.39, 0.29) is 6.61 Å². The minimum atomic E-state index is 0.0225. The van der Waals surface area contributed by atoms with E-state index >= 15 is 0 Å². The van der Waals surface area contributed by atoms with Crippen molar-refractivity contribution >= 4 is 0 Å². The van der Waals surface area contributed by atoms with Crippen molar-refractivity contribution in [3.8, 4) is 5.75 Å². The van der Waals surface area contributed by atoms with Gasteiger partial charge in [-0.2, -0.15) is 0 Å². The predicted molar refractivity (Wildman–Crippen MR) is 99.5 cm³/mol. The molecule has 0 radical (unpaired) electrons. The van der Waals surface area contributed by atoms with Gasteiger partial charge in [-0.1, -0.05) is 6.07 Å². The summed E-state index contributed by atoms with van der Waals surface area (Å²) in [5.41, 5.74) is 3.50. The Morgan fingerprint density at radius 2 is 2.04 bits per heavy atom. The van der Waals surface area contributed by atoms with Crippen LogP contribution in [0.3, 0.4) is 0 Å². The lowest BCUT2D eigenvalue weighted by Crippen LogP contribution is -2.29. The van der Waals surface area contributed by atoms with Crippen LogP contribution < -0.4 is 4.74 Å². The number of aryl methyl sites for hydroxylation is 1. The summed E-state index contributed by atoms with van der Waals surface area (Å²) < 4.78 is 5.58. The molecular formula is C21H28N2O2. The van der Waals surface area contributed by atoms with Crippen LogP contribution in [0, 0.1) is 0 Å². The number of nitrogens with zero attached hydrogens (tertiary/aromatic N) is 2. The smallest absolute Gasteiger partial charge is 0.124 e. The van der Waals surface area contributed by atoms with Crippen LogP contribution >= 0.6 is 0 Å². The van der Waals surface area contributed by atoms with E-state index in [1.165, 1.54) is 30.4 Å². The second kappa shape index (κ2) is 8.97. The van der Waals surface area contributed by atoms with Crippen molar-refractivity contribution in [3.63, 3.8) is 0 Å². The zero-order valence-electron chi connectivity index (χ0n) is 15.0. The van der Waals surface area contributed by atoms with E-state index in [2.05, 4.69) is 34.1 Å². The number of aliphatic hydroxyl groups is 1. The summed E-state index contributed by atoms with van der Waals surface area (Å²) in [7, 11) is 0. The molecule has 0 bridgehead atoms. The molecule has 0 unspecified atom stereocenters. The van der Waals surface area contributed by atoms with Crippen molar-refractivity contribution in [1.82, 2.24) is 9.88 Å². The Bertz CT molecular complexity index is 660. The van der Waals surface area contributed by atoms with Gasteiger partial charge in [-0.15, -0.1) is 0 Å². The number of aromatic nitrogens is 1. The summed E-state index contributed by atoms with van der Waals surface area (Å²) in [5, 5.41) is 9.59. The molecule has 1 saturated heterocycles. The van der Waals surface area contributed by atoms with E-state index in [1.54, 1.807) is 0 Å². The number of aliphatic hydroxyl groups excluding tert-OH is 1. The fourth-order valence-corrected chi connectivity index (χ4v) is 3.70. The SMILES string of the molecule is CCOc1ccc(CN2CCC[C@@H]2CCc2ccncc2)cc1CO. The summed E-state index contributed by atoms with van der Waals surface area (Å²) in [6.45, 7) is 4.71. The highest BCUT2D eigenvalue weighted by molar-refractivity contribution is 5.37. The second-order valence-electron chi connectivity index (χ2n) is 6.69. The fraction of sp³-hybridized carbons (Fsp3) is 0.476. The first-order valence-electron chi connectivity index (χ1n) is 9.28. The van der Waals surface area contributed by atoms with Gasteiger partial charge in [0, 0.05) is 30.5 Å². The molecule has 0 amide bonds. The minimum Gasteiger partial charge on any atom is -0.494 e. The van der Waals surface area contributed by atoms with Crippen molar-refractivity contribution in [3.05, 3.63) is 59.4 Å². The van der Waals surface area contributed by atoms with Crippen LogP contribution in [0.2, 0.25) is 0 Å². The van der Waals surface area contributed by atoms with Gasteiger partial charge in [0.25, 0.3) is 0 Å². The summed E-state index contributed by atoms with van der Waals surface area (Å²) in [5.74, 6) is 0.796. The average Bonchev–Trinajstić information content (AvgIpc) is 3.09. The normalized spacial score (nSPS) is 17.8. The Hall–Kier alpha value is -1.91. The number of likely N-dealkylation sites (tertiary alicyclic amines) is 1. The summed E-state index contributed by atoms with van der Waals surface area (Å²) in [4.78, 5) is 6.67. The molecule has 1 atom stereocenters. The van der Waals surface area contributed by atoms with Crippen LogP contribution in [0.15, 0.2) is 42.7 Å². The molecule has 1 N–H and O–H groups in total. The molecule has 1 aliphatic heterocycles. The van der Waals surface area contributed by atoms with Crippen molar-refractivity contribution in [2.45, 2.75) is 51.8 Å². The monoisotopic (exact) mass is 340 g/mol. The molecule has 3 rings (SSSR count). The summed E-state index contributed by atoms with van der Waals surface area (Å²) >= 11 is 0. The molecule has 2 heterocycles. The molecule has 0 saturated carbocycles. The molecule has 1 aromatic heterocycles. The van der Waals surface area contributed by atoms with E-state index in [0.29, 0.717) is 12.6 Å². The van der Waals surface area contributed by atoms with Crippen molar-refractivity contribution in [2.75, 3.05) is 13.2 Å². The third kappa shape index (κ3) is 4.80. The van der Waals surface area contributed by atoms with E-state index < -0.39 is 0 Å². The molecule has 1 fully saturated rings. The van der Waals surface area contributed by atoms with Gasteiger partial charge in [0.2, 0.25) is 0 Å². The van der Waals surface area contributed by atoms with E-state index in [1.807, 2.05) is 25.4 Å². The van der Waals surface area contributed by atoms with Crippen LogP contribution in [-0.4, -0.2) is 34.2 Å². The van der Waals surface area contributed by atoms with E-state index in [4.69, 9.17) is 4.74 Å². The molecule has 1 aromatic carbocycles. The Labute approximate surface area is 150 Å². The zero-order chi connectivity index (χ0) is 17.5. The number of benzene rings is 1. The highest BCUT2D eigenvalue weighted by atomic mass is 16.5. The number of hydrogen-bond donors (Lipinski definition) is 1. The summed E-state index contributed by atoms with van der Waals surface area (Å²) in [6.07, 6.45) is 8.58. The van der Waals surface area contributed by atoms with E-state index in [0.717, 1.165) is 30.8 Å². The van der Waals surface area contributed by atoms with Gasteiger partial charge in [0.15, 0.2) is 0 Å². The van der Waals surface area contributed by atoms with Crippen LogP contribution in [-0.2, 0) is 19.6 Å². The summed E-state index contributed by atoms with van der Waals surface area (Å²) in [6, 6.07) is 11.1. The van der Waals surface area contributed by atoms with Crippen molar-refractivity contribution in [2.24, 2.45) is 0 Å². The standard InChI is InChI=1S/C21H28N2O2/c1-2-25-21-8-6-18(14-19(21)16-24)15-23-13-3-4-20(23)7-5-17-9-11-22-12-10-17/h6,8-12,14,20,24H,2-5,7,13,15-16H2,1H3/t20-/m1/s1. The van der Waals surface area contributed by atoms with Gasteiger partial charge >= 0.3 is 0 Å². The lowest BCUT2D eigenvalue weighted by Gasteiger charge is -2.25. The van der Waals surface area contributed by atoms with Crippen LogP contribution in [0.25, 0.3) is 0 Å². The number of ether oxygens (including phenoxy) is 1. The number of pyridine rings is 1. The minimum absolute atomic E-state index is 0.0225. The highest BCUT2D eigenvalue weighted by Crippen LogP contribution is 2.26. The molecule has 0 aliphatic carbocycles. The zero-order valence-corrected chi connectivity index (χ0v) is 15.0. The van der Waals surface area contributed by atoms with Gasteiger partial charge in [-0.3, -0.25) is 9.88 Å². The maximum absolute atomic E-state index is 9.59. The fourth-order valence-electron chi connectivity index (χ4n) is 3.70.